The van der Waals surface area contributed by atoms with Crippen molar-refractivity contribution in [3.05, 3.63) is 42.0 Å². The minimum absolute atomic E-state index is 0.0253. The van der Waals surface area contributed by atoms with Gasteiger partial charge in [0.25, 0.3) is 5.91 Å². The molecule has 0 aliphatic carbocycles. The number of imidazole rings is 1. The molecule has 2 amide bonds. The van der Waals surface area contributed by atoms with Gasteiger partial charge in [-0.25, -0.2) is 4.98 Å². The van der Waals surface area contributed by atoms with Gasteiger partial charge in [0, 0.05) is 39.5 Å². The van der Waals surface area contributed by atoms with E-state index in [9.17, 15) is 9.59 Å². The third-order valence-electron chi connectivity index (χ3n) is 4.59. The molecule has 1 aromatic heterocycles. The van der Waals surface area contributed by atoms with Crippen molar-refractivity contribution >= 4 is 17.5 Å². The summed E-state index contributed by atoms with van der Waals surface area (Å²) >= 11 is 0. The number of fused-ring (bicyclic) bond motifs is 1. The second-order valence-electron chi connectivity index (χ2n) is 6.61. The molecule has 2 aromatic rings. The van der Waals surface area contributed by atoms with E-state index in [0.717, 1.165) is 24.2 Å². The van der Waals surface area contributed by atoms with Crippen molar-refractivity contribution in [2.24, 2.45) is 7.05 Å². The lowest BCUT2D eigenvalue weighted by molar-refractivity contribution is -0.131. The molecular formula is C19H24N4O3. The quantitative estimate of drug-likeness (QED) is 0.787. The number of rotatable bonds is 6. The average molecular weight is 356 g/mol. The molecule has 0 unspecified atom stereocenters. The van der Waals surface area contributed by atoms with E-state index in [4.69, 9.17) is 4.74 Å². The predicted molar refractivity (Wildman–Crippen MR) is 98.2 cm³/mol. The predicted octanol–water partition coefficient (Wildman–Crippen LogP) is 1.55. The molecule has 1 aromatic carbocycles. The zero-order chi connectivity index (χ0) is 18.7. The summed E-state index contributed by atoms with van der Waals surface area (Å²) in [5.41, 5.74) is 1.68. The van der Waals surface area contributed by atoms with Crippen molar-refractivity contribution < 1.29 is 14.3 Å². The molecule has 138 valence electrons. The largest absolute Gasteiger partial charge is 0.482 e. The van der Waals surface area contributed by atoms with Crippen molar-refractivity contribution in [1.82, 2.24) is 14.5 Å². The van der Waals surface area contributed by atoms with Crippen molar-refractivity contribution in [2.75, 3.05) is 31.6 Å². The summed E-state index contributed by atoms with van der Waals surface area (Å²) in [5.74, 6) is 1.35. The standard InChI is InChI=1S/C19H24N4O3/c1-14-6-7-16-15(11-14)23(19(25)13-26-16)12-18(24)22(3)9-4-5-17-20-8-10-21(17)2/h6-8,10-11H,4-5,9,12-13H2,1-3H3. The Morgan fingerprint density at radius 1 is 1.38 bits per heavy atom. The lowest BCUT2D eigenvalue weighted by atomic mass is 10.1. The fourth-order valence-electron chi connectivity index (χ4n) is 2.98. The highest BCUT2D eigenvalue weighted by Crippen LogP contribution is 2.32. The number of carbonyl (C=O) groups is 2. The number of anilines is 1. The van der Waals surface area contributed by atoms with Crippen molar-refractivity contribution in [3.63, 3.8) is 0 Å². The van der Waals surface area contributed by atoms with Gasteiger partial charge in [0.2, 0.25) is 5.91 Å². The van der Waals surface area contributed by atoms with Gasteiger partial charge in [-0.05, 0) is 31.0 Å². The summed E-state index contributed by atoms with van der Waals surface area (Å²) in [5, 5.41) is 0. The van der Waals surface area contributed by atoms with Gasteiger partial charge in [-0.15, -0.1) is 0 Å². The third kappa shape index (κ3) is 3.87. The first-order valence-corrected chi connectivity index (χ1v) is 8.69. The molecule has 1 aliphatic heterocycles. The topological polar surface area (TPSA) is 67.7 Å². The van der Waals surface area contributed by atoms with Gasteiger partial charge in [0.15, 0.2) is 6.61 Å². The lowest BCUT2D eigenvalue weighted by Crippen LogP contribution is -2.45. The highest BCUT2D eigenvalue weighted by atomic mass is 16.5. The minimum Gasteiger partial charge on any atom is -0.482 e. The fraction of sp³-hybridized carbons (Fsp3) is 0.421. The molecule has 7 heteroatoms. The molecule has 7 nitrogen and oxygen atoms in total. The highest BCUT2D eigenvalue weighted by Gasteiger charge is 2.28. The molecule has 0 spiro atoms. The lowest BCUT2D eigenvalue weighted by Gasteiger charge is -2.30. The van der Waals surface area contributed by atoms with E-state index in [1.54, 1.807) is 18.1 Å². The second kappa shape index (κ2) is 7.59. The maximum absolute atomic E-state index is 12.6. The number of aryl methyl sites for hydroxylation is 3. The van der Waals surface area contributed by atoms with E-state index >= 15 is 0 Å². The van der Waals surface area contributed by atoms with Crippen LogP contribution in [0.2, 0.25) is 0 Å². The van der Waals surface area contributed by atoms with Crippen LogP contribution in [0.5, 0.6) is 5.75 Å². The van der Waals surface area contributed by atoms with Gasteiger partial charge >= 0.3 is 0 Å². The van der Waals surface area contributed by atoms with Crippen LogP contribution in [-0.2, 0) is 23.1 Å². The molecular weight excluding hydrogens is 332 g/mol. The summed E-state index contributed by atoms with van der Waals surface area (Å²) in [7, 11) is 3.73. The van der Waals surface area contributed by atoms with Gasteiger partial charge < -0.3 is 14.2 Å². The van der Waals surface area contributed by atoms with Crippen LogP contribution in [-0.4, -0.2) is 53.0 Å². The Kier molecular flexibility index (Phi) is 5.25. The molecule has 0 atom stereocenters. The van der Waals surface area contributed by atoms with Crippen LogP contribution in [0, 0.1) is 6.92 Å². The van der Waals surface area contributed by atoms with Gasteiger partial charge in [0.1, 0.15) is 18.1 Å². The first-order valence-electron chi connectivity index (χ1n) is 8.69. The molecule has 0 saturated carbocycles. The van der Waals surface area contributed by atoms with Crippen LogP contribution in [0.25, 0.3) is 0 Å². The van der Waals surface area contributed by atoms with Crippen LogP contribution in [0.1, 0.15) is 17.8 Å². The summed E-state index contributed by atoms with van der Waals surface area (Å²) in [6.45, 7) is 2.55. The molecule has 0 radical (unpaired) electrons. The second-order valence-corrected chi connectivity index (χ2v) is 6.61. The number of aromatic nitrogens is 2. The third-order valence-corrected chi connectivity index (χ3v) is 4.59. The molecule has 1 aliphatic rings. The molecule has 3 rings (SSSR count). The Labute approximate surface area is 153 Å². The first kappa shape index (κ1) is 18.0. The van der Waals surface area contributed by atoms with Gasteiger partial charge in [-0.1, -0.05) is 6.07 Å². The summed E-state index contributed by atoms with van der Waals surface area (Å²) in [6.07, 6.45) is 5.31. The normalized spacial score (nSPS) is 13.3. The Hall–Kier alpha value is -2.83. The average Bonchev–Trinajstić information content (AvgIpc) is 3.02. The number of nitrogens with zero attached hydrogens (tertiary/aromatic N) is 4. The number of likely N-dealkylation sites (N-methyl/N-ethyl adjacent to an activating group) is 1. The number of amides is 2. The van der Waals surface area contributed by atoms with E-state index in [2.05, 4.69) is 4.98 Å². The van der Waals surface area contributed by atoms with Crippen LogP contribution in [0.3, 0.4) is 0 Å². The molecule has 26 heavy (non-hydrogen) atoms. The van der Waals surface area contributed by atoms with Crippen LogP contribution < -0.4 is 9.64 Å². The van der Waals surface area contributed by atoms with Gasteiger partial charge in [-0.3, -0.25) is 14.5 Å². The van der Waals surface area contributed by atoms with Crippen LogP contribution >= 0.6 is 0 Å². The van der Waals surface area contributed by atoms with E-state index in [1.807, 2.05) is 42.9 Å². The monoisotopic (exact) mass is 356 g/mol. The Bertz CT molecular complexity index is 815. The van der Waals surface area contributed by atoms with E-state index < -0.39 is 0 Å². The highest BCUT2D eigenvalue weighted by molar-refractivity contribution is 6.02. The van der Waals surface area contributed by atoms with Crippen LogP contribution in [0.4, 0.5) is 5.69 Å². The van der Waals surface area contributed by atoms with E-state index in [-0.39, 0.29) is 25.0 Å². The van der Waals surface area contributed by atoms with Gasteiger partial charge in [-0.2, -0.15) is 0 Å². The number of benzene rings is 1. The molecule has 2 heterocycles. The number of ether oxygens (including phenoxy) is 1. The number of hydrogen-bond acceptors (Lipinski definition) is 4. The van der Waals surface area contributed by atoms with E-state index in [1.165, 1.54) is 4.90 Å². The van der Waals surface area contributed by atoms with Gasteiger partial charge in [0.05, 0.1) is 5.69 Å². The molecule has 0 bridgehead atoms. The van der Waals surface area contributed by atoms with Crippen LogP contribution in [0.15, 0.2) is 30.6 Å². The Morgan fingerprint density at radius 3 is 2.92 bits per heavy atom. The summed E-state index contributed by atoms with van der Waals surface area (Å²) < 4.78 is 7.43. The molecule has 0 saturated heterocycles. The Balaban J connectivity index is 1.59. The maximum Gasteiger partial charge on any atom is 0.265 e. The molecule has 0 fully saturated rings. The van der Waals surface area contributed by atoms with E-state index in [0.29, 0.717) is 18.0 Å². The number of hydrogen-bond donors (Lipinski definition) is 0. The SMILES string of the molecule is Cc1ccc2c(c1)N(CC(=O)N(C)CCCc1nccn1C)C(=O)CO2. The van der Waals surface area contributed by atoms with Crippen molar-refractivity contribution in [3.8, 4) is 5.75 Å². The number of carbonyl (C=O) groups excluding carboxylic acids is 2. The van der Waals surface area contributed by atoms with Crippen molar-refractivity contribution in [1.29, 1.82) is 0 Å². The zero-order valence-electron chi connectivity index (χ0n) is 15.4. The smallest absolute Gasteiger partial charge is 0.265 e. The first-order chi connectivity index (χ1) is 12.5. The Morgan fingerprint density at radius 2 is 2.19 bits per heavy atom. The van der Waals surface area contributed by atoms with Crippen molar-refractivity contribution in [2.45, 2.75) is 19.8 Å². The summed E-state index contributed by atoms with van der Waals surface area (Å²) in [4.78, 5) is 32.3. The maximum atomic E-state index is 12.6. The minimum atomic E-state index is -0.196. The fourth-order valence-corrected chi connectivity index (χ4v) is 2.98. The zero-order valence-corrected chi connectivity index (χ0v) is 15.4. The summed E-state index contributed by atoms with van der Waals surface area (Å²) in [6, 6.07) is 5.64. The molecule has 0 N–H and O–H groups in total.